The number of alkyl halides is 3. The molecule has 0 bridgehead atoms. The Bertz CT molecular complexity index is 429. The first kappa shape index (κ1) is 14.6. The second kappa shape index (κ2) is 6.44. The number of carbonyl (C=O) groups excluding carboxylic acids is 1. The predicted molar refractivity (Wildman–Crippen MR) is 67.4 cm³/mol. The summed E-state index contributed by atoms with van der Waals surface area (Å²) in [6.07, 6.45) is -2.74. The Kier molecular flexibility index (Phi) is 5.51. The van der Waals surface area contributed by atoms with Gasteiger partial charge in [0.25, 0.3) is 6.43 Å². The zero-order valence-electron chi connectivity index (χ0n) is 8.84. The van der Waals surface area contributed by atoms with Gasteiger partial charge in [-0.1, -0.05) is 0 Å². The van der Waals surface area contributed by atoms with E-state index < -0.39 is 18.1 Å². The highest BCUT2D eigenvalue weighted by atomic mass is 127. The Morgan fingerprint density at radius 2 is 2.29 bits per heavy atom. The van der Waals surface area contributed by atoms with E-state index in [0.717, 1.165) is 0 Å². The molecular weight excluding hydrogens is 366 g/mol. The van der Waals surface area contributed by atoms with Crippen molar-refractivity contribution in [3.8, 4) is 0 Å². The molecule has 0 aliphatic heterocycles. The molecule has 0 saturated heterocycles. The van der Waals surface area contributed by atoms with E-state index in [9.17, 15) is 13.6 Å². The van der Waals surface area contributed by atoms with Crippen LogP contribution in [0.2, 0.25) is 0 Å². The minimum Gasteiger partial charge on any atom is -0.461 e. The van der Waals surface area contributed by atoms with Crippen LogP contribution in [0.3, 0.4) is 0 Å². The predicted octanol–water partition coefficient (Wildman–Crippen LogP) is 3.54. The molecule has 0 aliphatic carbocycles. The Labute approximate surface area is 116 Å². The zero-order valence-corrected chi connectivity index (χ0v) is 11.8. The van der Waals surface area contributed by atoms with E-state index in [4.69, 9.17) is 16.3 Å². The number of hydrogen-bond acceptors (Lipinski definition) is 3. The lowest BCUT2D eigenvalue weighted by Crippen LogP contribution is -2.13. The lowest BCUT2D eigenvalue weighted by Gasteiger charge is -2.10. The first-order valence-corrected chi connectivity index (χ1v) is 6.33. The first-order chi connectivity index (χ1) is 8.01. The standard InChI is InChI=1S/C10H9ClF2INO2/c1-2-17-10(16)8-5(4-11)6(14)3-7(15-8)9(12)13/h3,9H,2,4H2,1H3. The maximum Gasteiger partial charge on any atom is 0.357 e. The van der Waals surface area contributed by atoms with E-state index in [2.05, 4.69) is 4.98 Å². The molecule has 17 heavy (non-hydrogen) atoms. The van der Waals surface area contributed by atoms with Gasteiger partial charge in [0.1, 0.15) is 5.69 Å². The molecule has 0 N–H and O–H groups in total. The third-order valence-electron chi connectivity index (χ3n) is 1.92. The molecule has 0 aliphatic rings. The van der Waals surface area contributed by atoms with Crippen LogP contribution in [0, 0.1) is 3.57 Å². The molecule has 0 unspecified atom stereocenters. The van der Waals surface area contributed by atoms with Gasteiger partial charge in [-0.15, -0.1) is 11.6 Å². The largest absolute Gasteiger partial charge is 0.461 e. The van der Waals surface area contributed by atoms with Gasteiger partial charge in [-0.25, -0.2) is 18.6 Å². The molecule has 0 fully saturated rings. The Morgan fingerprint density at radius 1 is 1.65 bits per heavy atom. The lowest BCUT2D eigenvalue weighted by atomic mass is 10.2. The molecule has 0 aromatic carbocycles. The molecule has 7 heteroatoms. The van der Waals surface area contributed by atoms with Crippen LogP contribution in [0.15, 0.2) is 6.07 Å². The zero-order chi connectivity index (χ0) is 13.0. The molecule has 0 radical (unpaired) electrons. The summed E-state index contributed by atoms with van der Waals surface area (Å²) >= 11 is 7.51. The van der Waals surface area contributed by atoms with Crippen LogP contribution >= 0.6 is 34.2 Å². The van der Waals surface area contributed by atoms with Crippen LogP contribution in [0.4, 0.5) is 8.78 Å². The van der Waals surface area contributed by atoms with Crippen molar-refractivity contribution in [2.75, 3.05) is 6.61 Å². The molecule has 1 aromatic rings. The van der Waals surface area contributed by atoms with Gasteiger partial charge in [0, 0.05) is 9.13 Å². The highest BCUT2D eigenvalue weighted by molar-refractivity contribution is 14.1. The van der Waals surface area contributed by atoms with Crippen LogP contribution in [0.5, 0.6) is 0 Å². The molecule has 1 rings (SSSR count). The molecule has 94 valence electrons. The Morgan fingerprint density at radius 3 is 2.76 bits per heavy atom. The second-order valence-corrected chi connectivity index (χ2v) is 4.44. The van der Waals surface area contributed by atoms with Crippen molar-refractivity contribution in [3.63, 3.8) is 0 Å². The topological polar surface area (TPSA) is 39.2 Å². The SMILES string of the molecule is CCOC(=O)c1nc(C(F)F)cc(I)c1CCl. The van der Waals surface area contributed by atoms with E-state index in [1.807, 2.05) is 22.6 Å². The minimum absolute atomic E-state index is 0.0168. The minimum atomic E-state index is -2.74. The number of ether oxygens (including phenoxy) is 1. The van der Waals surface area contributed by atoms with E-state index in [0.29, 0.717) is 9.13 Å². The van der Waals surface area contributed by atoms with Gasteiger partial charge < -0.3 is 4.74 Å². The van der Waals surface area contributed by atoms with Crippen LogP contribution < -0.4 is 0 Å². The van der Waals surface area contributed by atoms with E-state index >= 15 is 0 Å². The van der Waals surface area contributed by atoms with Gasteiger partial charge in [-0.05, 0) is 35.6 Å². The fraction of sp³-hybridized carbons (Fsp3) is 0.400. The number of halogens is 4. The highest BCUT2D eigenvalue weighted by Crippen LogP contribution is 2.25. The van der Waals surface area contributed by atoms with Crippen LogP contribution in [-0.4, -0.2) is 17.6 Å². The van der Waals surface area contributed by atoms with Crippen molar-refractivity contribution in [2.24, 2.45) is 0 Å². The number of esters is 1. The Hall–Kier alpha value is -0.500. The van der Waals surface area contributed by atoms with Crippen molar-refractivity contribution in [3.05, 3.63) is 26.6 Å². The second-order valence-electron chi connectivity index (χ2n) is 3.01. The first-order valence-electron chi connectivity index (χ1n) is 4.71. The van der Waals surface area contributed by atoms with Gasteiger partial charge in [-0.3, -0.25) is 0 Å². The molecule has 1 aromatic heterocycles. The normalized spacial score (nSPS) is 10.7. The van der Waals surface area contributed by atoms with Crippen molar-refractivity contribution in [1.82, 2.24) is 4.98 Å². The number of aromatic nitrogens is 1. The summed E-state index contributed by atoms with van der Waals surface area (Å²) in [6.45, 7) is 1.78. The number of rotatable bonds is 4. The third kappa shape index (κ3) is 3.48. The smallest absolute Gasteiger partial charge is 0.357 e. The number of hydrogen-bond donors (Lipinski definition) is 0. The molecule has 3 nitrogen and oxygen atoms in total. The summed E-state index contributed by atoms with van der Waals surface area (Å²) in [5.41, 5.74) is -0.175. The van der Waals surface area contributed by atoms with Crippen LogP contribution in [0.1, 0.15) is 35.1 Å². The molecule has 0 atom stereocenters. The average Bonchev–Trinajstić information content (AvgIpc) is 2.28. The fourth-order valence-corrected chi connectivity index (χ4v) is 2.43. The van der Waals surface area contributed by atoms with Crippen molar-refractivity contribution in [2.45, 2.75) is 19.2 Å². The summed E-state index contributed by atoms with van der Waals surface area (Å²) in [7, 11) is 0. The molecule has 1 heterocycles. The summed E-state index contributed by atoms with van der Waals surface area (Å²) in [5.74, 6) is -0.716. The van der Waals surface area contributed by atoms with E-state index in [1.54, 1.807) is 6.92 Å². The molecular formula is C10H9ClF2INO2. The number of nitrogens with zero attached hydrogens (tertiary/aromatic N) is 1. The maximum atomic E-state index is 12.6. The fourth-order valence-electron chi connectivity index (χ4n) is 1.17. The lowest BCUT2D eigenvalue weighted by molar-refractivity contribution is 0.0516. The van der Waals surface area contributed by atoms with Gasteiger partial charge in [-0.2, -0.15) is 0 Å². The molecule has 0 saturated carbocycles. The van der Waals surface area contributed by atoms with Gasteiger partial charge in [0.15, 0.2) is 5.69 Å². The highest BCUT2D eigenvalue weighted by Gasteiger charge is 2.21. The molecule has 0 spiro atoms. The number of carbonyl (C=O) groups is 1. The summed E-state index contributed by atoms with van der Waals surface area (Å²) in [6, 6.07) is 1.21. The van der Waals surface area contributed by atoms with Gasteiger partial charge in [0.2, 0.25) is 0 Å². The summed E-state index contributed by atoms with van der Waals surface area (Å²) in [5, 5.41) is 0. The van der Waals surface area contributed by atoms with Gasteiger partial charge in [0.05, 0.1) is 12.5 Å². The van der Waals surface area contributed by atoms with Crippen molar-refractivity contribution >= 4 is 40.2 Å². The molecule has 0 amide bonds. The van der Waals surface area contributed by atoms with Crippen LogP contribution in [0.25, 0.3) is 0 Å². The van der Waals surface area contributed by atoms with E-state index in [1.165, 1.54) is 6.07 Å². The van der Waals surface area contributed by atoms with Crippen LogP contribution in [-0.2, 0) is 10.6 Å². The van der Waals surface area contributed by atoms with Crippen molar-refractivity contribution in [1.29, 1.82) is 0 Å². The quantitative estimate of drug-likeness (QED) is 0.459. The van der Waals surface area contributed by atoms with E-state index in [-0.39, 0.29) is 18.2 Å². The number of pyridine rings is 1. The maximum absolute atomic E-state index is 12.6. The average molecular weight is 376 g/mol. The Balaban J connectivity index is 3.28. The van der Waals surface area contributed by atoms with Crippen molar-refractivity contribution < 1.29 is 18.3 Å². The van der Waals surface area contributed by atoms with Gasteiger partial charge >= 0.3 is 5.97 Å². The monoisotopic (exact) mass is 375 g/mol. The third-order valence-corrected chi connectivity index (χ3v) is 3.15. The summed E-state index contributed by atoms with van der Waals surface area (Å²) < 4.78 is 30.4. The summed E-state index contributed by atoms with van der Waals surface area (Å²) in [4.78, 5) is 15.2.